The first-order valence-electron chi connectivity index (χ1n) is 8.57. The van der Waals surface area contributed by atoms with Crippen molar-refractivity contribution in [3.05, 3.63) is 50.8 Å². The first kappa shape index (κ1) is 20.5. The second-order valence-corrected chi connectivity index (χ2v) is 6.94. The van der Waals surface area contributed by atoms with Crippen molar-refractivity contribution in [2.24, 2.45) is 0 Å². The fourth-order valence-electron chi connectivity index (χ4n) is 2.88. The van der Waals surface area contributed by atoms with Crippen LogP contribution in [0, 0.1) is 24.0 Å². The van der Waals surface area contributed by atoms with Gasteiger partial charge in [-0.2, -0.15) is 4.98 Å². The second-order valence-electron chi connectivity index (χ2n) is 6.16. The van der Waals surface area contributed by atoms with Crippen LogP contribution in [0.2, 0.25) is 0 Å². The molecule has 0 saturated carbocycles. The Morgan fingerprint density at radius 3 is 2.72 bits per heavy atom. The van der Waals surface area contributed by atoms with Crippen LogP contribution in [0.3, 0.4) is 0 Å². The van der Waals surface area contributed by atoms with Gasteiger partial charge in [0.05, 0.1) is 18.5 Å². The van der Waals surface area contributed by atoms with Crippen LogP contribution in [0.15, 0.2) is 23.4 Å². The molecule has 2 aromatic heterocycles. The van der Waals surface area contributed by atoms with Crippen LogP contribution in [0.5, 0.6) is 5.75 Å². The molecule has 29 heavy (non-hydrogen) atoms. The number of nitro groups is 1. The number of carbonyl (C=O) groups excluding carboxylic acids is 1. The minimum Gasteiger partial charge on any atom is -0.496 e. The van der Waals surface area contributed by atoms with Crippen molar-refractivity contribution >= 4 is 29.2 Å². The van der Waals surface area contributed by atoms with E-state index in [2.05, 4.69) is 15.1 Å². The molecule has 0 fully saturated rings. The van der Waals surface area contributed by atoms with Crippen LogP contribution in [-0.4, -0.2) is 43.8 Å². The van der Waals surface area contributed by atoms with E-state index in [1.165, 1.54) is 37.1 Å². The molecule has 0 amide bonds. The molecule has 10 nitrogen and oxygen atoms in total. The molecule has 152 valence electrons. The van der Waals surface area contributed by atoms with Crippen molar-refractivity contribution in [3.63, 3.8) is 0 Å². The Labute approximate surface area is 170 Å². The molecule has 0 aliphatic heterocycles. The largest absolute Gasteiger partial charge is 0.496 e. The fraction of sp³-hybridized carbons (Fsp3) is 0.333. The lowest BCUT2D eigenvalue weighted by atomic mass is 10.1. The predicted molar refractivity (Wildman–Crippen MR) is 105 cm³/mol. The van der Waals surface area contributed by atoms with Crippen LogP contribution in [0.4, 0.5) is 5.69 Å². The standard InChI is InChI=1S/C18H19N5O5S/c1-10-14(11(2)22-17(19-10)20-18(21-22)29-4)8-16(24)28-9-12-7-13(23(25)26)5-6-15(12)27-3/h5-7H,8-9H2,1-4H3. The van der Waals surface area contributed by atoms with E-state index in [1.54, 1.807) is 11.4 Å². The Balaban J connectivity index is 1.78. The van der Waals surface area contributed by atoms with Crippen LogP contribution in [-0.2, 0) is 22.6 Å². The maximum atomic E-state index is 12.4. The third kappa shape index (κ3) is 4.29. The van der Waals surface area contributed by atoms with Gasteiger partial charge in [-0.1, -0.05) is 11.8 Å². The van der Waals surface area contributed by atoms with E-state index in [9.17, 15) is 14.9 Å². The minimum atomic E-state index is -0.515. The van der Waals surface area contributed by atoms with Gasteiger partial charge in [0.15, 0.2) is 0 Å². The molecule has 2 heterocycles. The smallest absolute Gasteiger partial charge is 0.310 e. The number of nitro benzene ring substituents is 1. The summed E-state index contributed by atoms with van der Waals surface area (Å²) in [5, 5.41) is 15.9. The molecular weight excluding hydrogens is 398 g/mol. The van der Waals surface area contributed by atoms with Gasteiger partial charge in [-0.3, -0.25) is 14.9 Å². The molecule has 0 saturated heterocycles. The van der Waals surface area contributed by atoms with E-state index in [-0.39, 0.29) is 18.7 Å². The molecule has 0 spiro atoms. The molecular formula is C18H19N5O5S. The lowest BCUT2D eigenvalue weighted by Crippen LogP contribution is -2.14. The highest BCUT2D eigenvalue weighted by molar-refractivity contribution is 7.98. The van der Waals surface area contributed by atoms with Crippen molar-refractivity contribution in [1.29, 1.82) is 0 Å². The number of benzene rings is 1. The molecule has 1 aromatic carbocycles. The molecule has 0 bridgehead atoms. The van der Waals surface area contributed by atoms with E-state index in [1.807, 2.05) is 13.2 Å². The third-order valence-corrected chi connectivity index (χ3v) is 4.93. The summed E-state index contributed by atoms with van der Waals surface area (Å²) in [5.41, 5.74) is 2.43. The third-order valence-electron chi connectivity index (χ3n) is 4.40. The number of hydrogen-bond donors (Lipinski definition) is 0. The fourth-order valence-corrected chi connectivity index (χ4v) is 3.21. The summed E-state index contributed by atoms with van der Waals surface area (Å²) in [6.45, 7) is 3.50. The maximum absolute atomic E-state index is 12.4. The van der Waals surface area contributed by atoms with Crippen molar-refractivity contribution in [1.82, 2.24) is 19.6 Å². The normalized spacial score (nSPS) is 10.9. The van der Waals surface area contributed by atoms with Gasteiger partial charge in [0.25, 0.3) is 11.5 Å². The highest BCUT2D eigenvalue weighted by Crippen LogP contribution is 2.25. The number of fused-ring (bicyclic) bond motifs is 1. The van der Waals surface area contributed by atoms with Gasteiger partial charge in [0.2, 0.25) is 5.16 Å². The van der Waals surface area contributed by atoms with E-state index in [0.29, 0.717) is 33.5 Å². The van der Waals surface area contributed by atoms with Crippen molar-refractivity contribution in [3.8, 4) is 5.75 Å². The Hall–Kier alpha value is -3.21. The summed E-state index contributed by atoms with van der Waals surface area (Å²) in [6.07, 6.45) is 1.86. The average Bonchev–Trinajstić information content (AvgIpc) is 3.12. The number of methoxy groups -OCH3 is 1. The van der Waals surface area contributed by atoms with Gasteiger partial charge >= 0.3 is 5.97 Å². The van der Waals surface area contributed by atoms with Gasteiger partial charge in [-0.05, 0) is 26.2 Å². The average molecular weight is 417 g/mol. The Kier molecular flexibility index (Phi) is 5.97. The number of rotatable bonds is 7. The molecule has 11 heteroatoms. The number of non-ortho nitro benzene ring substituents is 1. The van der Waals surface area contributed by atoms with Gasteiger partial charge in [0, 0.05) is 34.6 Å². The topological polar surface area (TPSA) is 122 Å². The quantitative estimate of drug-likeness (QED) is 0.247. The van der Waals surface area contributed by atoms with E-state index < -0.39 is 10.9 Å². The summed E-state index contributed by atoms with van der Waals surface area (Å²) >= 11 is 1.41. The van der Waals surface area contributed by atoms with E-state index >= 15 is 0 Å². The highest BCUT2D eigenvalue weighted by atomic mass is 32.2. The molecule has 0 aliphatic carbocycles. The number of ether oxygens (including phenoxy) is 2. The number of aromatic nitrogens is 4. The van der Waals surface area contributed by atoms with Gasteiger partial charge in [-0.25, -0.2) is 9.50 Å². The molecule has 0 atom stereocenters. The van der Waals surface area contributed by atoms with Crippen molar-refractivity contribution < 1.29 is 19.2 Å². The van der Waals surface area contributed by atoms with Crippen molar-refractivity contribution in [2.45, 2.75) is 32.0 Å². The predicted octanol–water partition coefficient (Wildman–Crippen LogP) is 2.67. The first-order valence-corrected chi connectivity index (χ1v) is 9.80. The van der Waals surface area contributed by atoms with Crippen LogP contribution in [0.25, 0.3) is 5.78 Å². The molecule has 3 rings (SSSR count). The monoisotopic (exact) mass is 417 g/mol. The Morgan fingerprint density at radius 1 is 1.31 bits per heavy atom. The molecule has 0 aliphatic rings. The zero-order chi connectivity index (χ0) is 21.1. The van der Waals surface area contributed by atoms with Crippen LogP contribution in [0.1, 0.15) is 22.5 Å². The summed E-state index contributed by atoms with van der Waals surface area (Å²) in [5.74, 6) is 0.393. The van der Waals surface area contributed by atoms with Gasteiger partial charge in [0.1, 0.15) is 12.4 Å². The summed E-state index contributed by atoms with van der Waals surface area (Å²) in [7, 11) is 1.45. The lowest BCUT2D eigenvalue weighted by Gasteiger charge is -2.12. The molecule has 0 N–H and O–H groups in total. The SMILES string of the molecule is COc1ccc([N+](=O)[O-])cc1COC(=O)Cc1c(C)nc2nc(SC)nn2c1C. The number of hydrogen-bond acceptors (Lipinski definition) is 9. The molecule has 0 radical (unpaired) electrons. The zero-order valence-electron chi connectivity index (χ0n) is 16.3. The Bertz CT molecular complexity index is 1100. The molecule has 0 unspecified atom stereocenters. The second kappa shape index (κ2) is 8.43. The summed E-state index contributed by atoms with van der Waals surface area (Å²) in [4.78, 5) is 31.6. The number of nitrogens with zero attached hydrogens (tertiary/aromatic N) is 5. The maximum Gasteiger partial charge on any atom is 0.310 e. The summed E-state index contributed by atoms with van der Waals surface area (Å²) in [6, 6.07) is 4.13. The number of esters is 1. The van der Waals surface area contributed by atoms with E-state index in [0.717, 1.165) is 5.69 Å². The lowest BCUT2D eigenvalue weighted by molar-refractivity contribution is -0.385. The van der Waals surface area contributed by atoms with Gasteiger partial charge < -0.3 is 9.47 Å². The Morgan fingerprint density at radius 2 is 2.07 bits per heavy atom. The first-order chi connectivity index (χ1) is 13.8. The van der Waals surface area contributed by atoms with Crippen molar-refractivity contribution in [2.75, 3.05) is 13.4 Å². The summed E-state index contributed by atoms with van der Waals surface area (Å²) < 4.78 is 12.1. The van der Waals surface area contributed by atoms with Crippen LogP contribution >= 0.6 is 11.8 Å². The van der Waals surface area contributed by atoms with Gasteiger partial charge in [-0.15, -0.1) is 5.10 Å². The highest BCUT2D eigenvalue weighted by Gasteiger charge is 2.18. The molecule has 3 aromatic rings. The minimum absolute atomic E-state index is 0.00763. The zero-order valence-corrected chi connectivity index (χ0v) is 17.1. The number of aryl methyl sites for hydroxylation is 2. The van der Waals surface area contributed by atoms with Crippen LogP contribution < -0.4 is 4.74 Å². The number of thioether (sulfide) groups is 1. The van der Waals surface area contributed by atoms with E-state index in [4.69, 9.17) is 9.47 Å². The number of carbonyl (C=O) groups is 1.